The van der Waals surface area contributed by atoms with Crippen molar-refractivity contribution in [3.63, 3.8) is 0 Å². The van der Waals surface area contributed by atoms with E-state index < -0.39 is 0 Å². The van der Waals surface area contributed by atoms with Gasteiger partial charge in [0, 0.05) is 10.9 Å². The highest BCUT2D eigenvalue weighted by Crippen LogP contribution is 2.38. The summed E-state index contributed by atoms with van der Waals surface area (Å²) in [5.74, 6) is 0.511. The first kappa shape index (κ1) is 12.2. The van der Waals surface area contributed by atoms with Crippen LogP contribution >= 0.6 is 22.9 Å². The van der Waals surface area contributed by atoms with Crippen molar-refractivity contribution in [3.05, 3.63) is 56.2 Å². The summed E-state index contributed by atoms with van der Waals surface area (Å²) < 4.78 is 0.871. The predicted molar refractivity (Wildman–Crippen MR) is 78.3 cm³/mol. The highest BCUT2D eigenvalue weighted by atomic mass is 35.5. The minimum atomic E-state index is 0.105. The Bertz CT molecular complexity index is 531. The van der Waals surface area contributed by atoms with E-state index in [9.17, 15) is 0 Å². The van der Waals surface area contributed by atoms with Gasteiger partial charge in [0.15, 0.2) is 0 Å². The van der Waals surface area contributed by atoms with Crippen LogP contribution in [0.15, 0.2) is 30.3 Å². The highest BCUT2D eigenvalue weighted by molar-refractivity contribution is 7.16. The van der Waals surface area contributed by atoms with E-state index >= 15 is 0 Å². The Hall–Kier alpha value is -0.830. The third-order valence-electron chi connectivity index (χ3n) is 3.80. The number of thiophene rings is 1. The lowest BCUT2D eigenvalue weighted by Crippen LogP contribution is -2.20. The molecule has 1 unspecified atom stereocenters. The van der Waals surface area contributed by atoms with Gasteiger partial charge in [-0.3, -0.25) is 0 Å². The summed E-state index contributed by atoms with van der Waals surface area (Å²) in [6.07, 6.45) is 2.18. The number of benzene rings is 1. The SMILES string of the molecule is Cc1cc(C(N)C2Cc3ccccc3C2)sc1Cl. The van der Waals surface area contributed by atoms with Crippen LogP contribution in [0.4, 0.5) is 0 Å². The van der Waals surface area contributed by atoms with Gasteiger partial charge in [0.05, 0.1) is 4.34 Å². The molecule has 1 aliphatic carbocycles. The molecule has 1 aliphatic rings. The summed E-state index contributed by atoms with van der Waals surface area (Å²) in [6.45, 7) is 2.04. The second kappa shape index (κ2) is 4.69. The standard InChI is InChI=1S/C15H16ClNS/c1-9-6-13(18-15(9)16)14(17)12-7-10-4-2-3-5-11(10)8-12/h2-6,12,14H,7-8,17H2,1H3. The van der Waals surface area contributed by atoms with Crippen LogP contribution in [0.3, 0.4) is 0 Å². The molecule has 3 heteroatoms. The third kappa shape index (κ3) is 2.09. The summed E-state index contributed by atoms with van der Waals surface area (Å²) in [7, 11) is 0. The Morgan fingerprint density at radius 3 is 2.39 bits per heavy atom. The lowest BCUT2D eigenvalue weighted by molar-refractivity contribution is 0.459. The van der Waals surface area contributed by atoms with Crippen molar-refractivity contribution in [2.45, 2.75) is 25.8 Å². The molecule has 94 valence electrons. The molecule has 2 N–H and O–H groups in total. The van der Waals surface area contributed by atoms with Crippen LogP contribution < -0.4 is 5.73 Å². The van der Waals surface area contributed by atoms with Gasteiger partial charge in [0.25, 0.3) is 0 Å². The second-order valence-corrected chi connectivity index (χ2v) is 6.75. The van der Waals surface area contributed by atoms with E-state index in [0.29, 0.717) is 5.92 Å². The molecule has 1 aromatic heterocycles. The van der Waals surface area contributed by atoms with Gasteiger partial charge in [-0.05, 0) is 48.4 Å². The second-order valence-electron chi connectivity index (χ2n) is 5.07. The fourth-order valence-electron chi connectivity index (χ4n) is 2.73. The van der Waals surface area contributed by atoms with Crippen molar-refractivity contribution in [2.75, 3.05) is 0 Å². The Kier molecular flexibility index (Phi) is 3.18. The van der Waals surface area contributed by atoms with Crippen molar-refractivity contribution >= 4 is 22.9 Å². The van der Waals surface area contributed by atoms with E-state index in [1.165, 1.54) is 16.0 Å². The zero-order valence-corrected chi connectivity index (χ0v) is 11.9. The summed E-state index contributed by atoms with van der Waals surface area (Å²) in [5, 5.41) is 0. The van der Waals surface area contributed by atoms with E-state index in [1.807, 2.05) is 6.92 Å². The normalized spacial score (nSPS) is 16.8. The summed E-state index contributed by atoms with van der Waals surface area (Å²) in [5.41, 5.74) is 10.5. The molecular weight excluding hydrogens is 262 g/mol. The molecular formula is C15H16ClNS. The molecule has 1 heterocycles. The van der Waals surface area contributed by atoms with Crippen LogP contribution in [0.5, 0.6) is 0 Å². The number of aryl methyl sites for hydroxylation is 1. The first-order chi connectivity index (χ1) is 8.65. The van der Waals surface area contributed by atoms with Crippen LogP contribution in [-0.4, -0.2) is 0 Å². The highest BCUT2D eigenvalue weighted by Gasteiger charge is 2.28. The van der Waals surface area contributed by atoms with Crippen molar-refractivity contribution in [2.24, 2.45) is 11.7 Å². The van der Waals surface area contributed by atoms with Crippen LogP contribution in [0, 0.1) is 12.8 Å². The van der Waals surface area contributed by atoms with Crippen molar-refractivity contribution in [1.29, 1.82) is 0 Å². The van der Waals surface area contributed by atoms with Gasteiger partial charge in [-0.2, -0.15) is 0 Å². The number of hydrogen-bond acceptors (Lipinski definition) is 2. The quantitative estimate of drug-likeness (QED) is 0.878. The van der Waals surface area contributed by atoms with Gasteiger partial charge < -0.3 is 5.73 Å². The minimum absolute atomic E-state index is 0.105. The van der Waals surface area contributed by atoms with Gasteiger partial charge in [-0.25, -0.2) is 0 Å². The molecule has 0 aliphatic heterocycles. The van der Waals surface area contributed by atoms with Gasteiger partial charge in [-0.1, -0.05) is 35.9 Å². The molecule has 18 heavy (non-hydrogen) atoms. The van der Waals surface area contributed by atoms with Gasteiger partial charge in [0.2, 0.25) is 0 Å². The first-order valence-electron chi connectivity index (χ1n) is 6.23. The zero-order valence-electron chi connectivity index (χ0n) is 10.3. The van der Waals surface area contributed by atoms with Crippen LogP contribution in [0.1, 0.15) is 27.6 Å². The van der Waals surface area contributed by atoms with E-state index in [2.05, 4.69) is 30.3 Å². The summed E-state index contributed by atoms with van der Waals surface area (Å²) in [4.78, 5) is 1.22. The maximum absolute atomic E-state index is 6.41. The van der Waals surface area contributed by atoms with E-state index in [1.54, 1.807) is 11.3 Å². The van der Waals surface area contributed by atoms with Crippen LogP contribution in [-0.2, 0) is 12.8 Å². The Morgan fingerprint density at radius 1 is 1.28 bits per heavy atom. The monoisotopic (exact) mass is 277 g/mol. The number of nitrogens with two attached hydrogens (primary N) is 1. The van der Waals surface area contributed by atoms with E-state index in [4.69, 9.17) is 17.3 Å². The van der Waals surface area contributed by atoms with Gasteiger partial charge in [0.1, 0.15) is 0 Å². The van der Waals surface area contributed by atoms with Crippen LogP contribution in [0.25, 0.3) is 0 Å². The Morgan fingerprint density at radius 2 is 1.89 bits per heavy atom. The maximum atomic E-state index is 6.41. The summed E-state index contributed by atoms with van der Waals surface area (Å²) in [6, 6.07) is 10.9. The smallest absolute Gasteiger partial charge is 0.0960 e. The lowest BCUT2D eigenvalue weighted by atomic mass is 9.96. The fraction of sp³-hybridized carbons (Fsp3) is 0.333. The Labute approximate surface area is 117 Å². The van der Waals surface area contributed by atoms with E-state index in [-0.39, 0.29) is 6.04 Å². The van der Waals surface area contributed by atoms with Crippen molar-refractivity contribution in [3.8, 4) is 0 Å². The number of rotatable bonds is 2. The molecule has 3 rings (SSSR count). The molecule has 0 fully saturated rings. The number of fused-ring (bicyclic) bond motifs is 1. The average Bonchev–Trinajstić information content (AvgIpc) is 2.93. The molecule has 0 bridgehead atoms. The van der Waals surface area contributed by atoms with E-state index in [0.717, 1.165) is 22.7 Å². The topological polar surface area (TPSA) is 26.0 Å². The zero-order chi connectivity index (χ0) is 12.7. The van der Waals surface area contributed by atoms with Crippen LogP contribution in [0.2, 0.25) is 4.34 Å². The predicted octanol–water partition coefficient (Wildman–Crippen LogP) is 4.12. The molecule has 0 spiro atoms. The lowest BCUT2D eigenvalue weighted by Gasteiger charge is -2.17. The largest absolute Gasteiger partial charge is 0.323 e. The average molecular weight is 278 g/mol. The molecule has 0 radical (unpaired) electrons. The molecule has 1 nitrogen and oxygen atoms in total. The summed E-state index contributed by atoms with van der Waals surface area (Å²) >= 11 is 7.76. The Balaban J connectivity index is 1.82. The maximum Gasteiger partial charge on any atom is 0.0960 e. The molecule has 0 saturated carbocycles. The van der Waals surface area contributed by atoms with Gasteiger partial charge >= 0.3 is 0 Å². The fourth-order valence-corrected chi connectivity index (χ4v) is 4.04. The van der Waals surface area contributed by atoms with Gasteiger partial charge in [-0.15, -0.1) is 11.3 Å². The minimum Gasteiger partial charge on any atom is -0.323 e. The molecule has 0 amide bonds. The van der Waals surface area contributed by atoms with Crippen molar-refractivity contribution in [1.82, 2.24) is 0 Å². The molecule has 0 saturated heterocycles. The first-order valence-corrected chi connectivity index (χ1v) is 7.43. The third-order valence-corrected chi connectivity index (χ3v) is 5.45. The number of halogens is 1. The molecule has 1 atom stereocenters. The molecule has 2 aromatic rings. The number of hydrogen-bond donors (Lipinski definition) is 1. The van der Waals surface area contributed by atoms with Crippen molar-refractivity contribution < 1.29 is 0 Å². The molecule has 1 aromatic carbocycles.